The minimum Gasteiger partial charge on any atom is -0.489 e. The van der Waals surface area contributed by atoms with Crippen molar-refractivity contribution < 1.29 is 4.74 Å². The molecule has 0 N–H and O–H groups in total. The van der Waals surface area contributed by atoms with Crippen LogP contribution >= 0.6 is 11.6 Å². The summed E-state index contributed by atoms with van der Waals surface area (Å²) in [5, 5.41) is 12.4. The molecular formula is C23H20ClNO. The van der Waals surface area contributed by atoms with Crippen LogP contribution in [0.25, 0.3) is 22.4 Å². The standard InChI is InChI=1S/C23H20ClNO/c1-3-16(2)26-23-11-8-17(13-22(23)24)12-21(15-25)20-10-9-18-6-4-5-7-19(18)14-20/h4-14,16H,3H2,1-2H3/b21-12-/t16-/m0/s1. The van der Waals surface area contributed by atoms with E-state index in [1.54, 1.807) is 0 Å². The average Bonchev–Trinajstić information content (AvgIpc) is 2.67. The maximum absolute atomic E-state index is 9.61. The molecule has 3 rings (SSSR count). The Labute approximate surface area is 159 Å². The lowest BCUT2D eigenvalue weighted by atomic mass is 10.00. The third-order valence-corrected chi connectivity index (χ3v) is 4.65. The molecule has 1 atom stereocenters. The second kappa shape index (κ2) is 8.08. The minimum absolute atomic E-state index is 0.112. The second-order valence-corrected chi connectivity index (χ2v) is 6.67. The number of rotatable bonds is 5. The van der Waals surface area contributed by atoms with Gasteiger partial charge in [0.1, 0.15) is 5.75 Å². The number of fused-ring (bicyclic) bond motifs is 1. The first-order valence-electron chi connectivity index (χ1n) is 8.68. The second-order valence-electron chi connectivity index (χ2n) is 6.26. The number of hydrogen-bond acceptors (Lipinski definition) is 2. The fraction of sp³-hybridized carbons (Fsp3) is 0.174. The number of hydrogen-bond donors (Lipinski definition) is 0. The van der Waals surface area contributed by atoms with Crippen molar-refractivity contribution >= 4 is 34.0 Å². The molecule has 0 aliphatic carbocycles. The van der Waals surface area contributed by atoms with Gasteiger partial charge >= 0.3 is 0 Å². The SMILES string of the molecule is CC[C@H](C)Oc1ccc(/C=C(/C#N)c2ccc3ccccc3c2)cc1Cl. The first-order chi connectivity index (χ1) is 12.6. The third kappa shape index (κ3) is 4.07. The molecule has 130 valence electrons. The monoisotopic (exact) mass is 361 g/mol. The van der Waals surface area contributed by atoms with Gasteiger partial charge in [0, 0.05) is 0 Å². The van der Waals surface area contributed by atoms with Gasteiger partial charge in [-0.25, -0.2) is 0 Å². The molecule has 0 aliphatic rings. The molecule has 0 radical (unpaired) electrons. The van der Waals surface area contributed by atoms with Gasteiger partial charge in [0.25, 0.3) is 0 Å². The Morgan fingerprint density at radius 1 is 1.12 bits per heavy atom. The van der Waals surface area contributed by atoms with E-state index >= 15 is 0 Å². The highest BCUT2D eigenvalue weighted by Crippen LogP contribution is 2.29. The molecule has 0 aromatic heterocycles. The van der Waals surface area contributed by atoms with Crippen LogP contribution in [0.1, 0.15) is 31.4 Å². The van der Waals surface area contributed by atoms with Gasteiger partial charge < -0.3 is 4.74 Å². The van der Waals surface area contributed by atoms with Crippen LogP contribution in [0.5, 0.6) is 5.75 Å². The molecule has 0 saturated carbocycles. The van der Waals surface area contributed by atoms with Gasteiger partial charge in [-0.05, 0) is 59.5 Å². The van der Waals surface area contributed by atoms with Gasteiger partial charge in [-0.1, -0.05) is 61.0 Å². The van der Waals surface area contributed by atoms with E-state index in [9.17, 15) is 5.26 Å². The predicted molar refractivity (Wildman–Crippen MR) is 109 cm³/mol. The van der Waals surface area contributed by atoms with Gasteiger partial charge in [-0.3, -0.25) is 0 Å². The minimum atomic E-state index is 0.112. The summed E-state index contributed by atoms with van der Waals surface area (Å²) >= 11 is 6.34. The highest BCUT2D eigenvalue weighted by atomic mass is 35.5. The fourth-order valence-corrected chi connectivity index (χ4v) is 2.94. The first-order valence-corrected chi connectivity index (χ1v) is 9.05. The lowest BCUT2D eigenvalue weighted by molar-refractivity contribution is 0.217. The molecule has 2 nitrogen and oxygen atoms in total. The number of allylic oxidation sites excluding steroid dienone is 1. The lowest BCUT2D eigenvalue weighted by Crippen LogP contribution is -2.09. The molecular weight excluding hydrogens is 342 g/mol. The van der Waals surface area contributed by atoms with Gasteiger partial charge in [-0.2, -0.15) is 5.26 Å². The van der Waals surface area contributed by atoms with E-state index < -0.39 is 0 Å². The van der Waals surface area contributed by atoms with Crippen molar-refractivity contribution in [2.45, 2.75) is 26.4 Å². The van der Waals surface area contributed by atoms with Crippen molar-refractivity contribution in [1.82, 2.24) is 0 Å². The van der Waals surface area contributed by atoms with E-state index in [2.05, 4.69) is 19.1 Å². The molecule has 3 heteroatoms. The zero-order valence-corrected chi connectivity index (χ0v) is 15.6. The molecule has 26 heavy (non-hydrogen) atoms. The Hall–Kier alpha value is -2.76. The highest BCUT2D eigenvalue weighted by Gasteiger charge is 2.08. The van der Waals surface area contributed by atoms with Crippen LogP contribution < -0.4 is 4.74 Å². The number of nitrogens with zero attached hydrogens (tertiary/aromatic N) is 1. The summed E-state index contributed by atoms with van der Waals surface area (Å²) in [4.78, 5) is 0. The maximum atomic E-state index is 9.61. The Bertz CT molecular complexity index is 1000. The molecule has 0 spiro atoms. The van der Waals surface area contributed by atoms with Gasteiger partial charge in [0.05, 0.1) is 22.8 Å². The van der Waals surface area contributed by atoms with Gasteiger partial charge in [0.2, 0.25) is 0 Å². The first kappa shape index (κ1) is 18.0. The molecule has 0 heterocycles. The number of ether oxygens (including phenoxy) is 1. The van der Waals surface area contributed by atoms with E-state index in [0.717, 1.165) is 28.3 Å². The van der Waals surface area contributed by atoms with Crippen molar-refractivity contribution in [3.8, 4) is 11.8 Å². The predicted octanol–water partition coefficient (Wildman–Crippen LogP) is 6.73. The van der Waals surface area contributed by atoms with Crippen molar-refractivity contribution in [2.24, 2.45) is 0 Å². The molecule has 0 bridgehead atoms. The van der Waals surface area contributed by atoms with Crippen molar-refractivity contribution in [3.05, 3.63) is 76.8 Å². The van der Waals surface area contributed by atoms with Crippen LogP contribution in [0, 0.1) is 11.3 Å². The largest absolute Gasteiger partial charge is 0.489 e. The topological polar surface area (TPSA) is 33.0 Å². The maximum Gasteiger partial charge on any atom is 0.138 e. The average molecular weight is 362 g/mol. The third-order valence-electron chi connectivity index (χ3n) is 4.35. The summed E-state index contributed by atoms with van der Waals surface area (Å²) in [5.41, 5.74) is 2.36. The molecule has 0 unspecified atom stereocenters. The smallest absolute Gasteiger partial charge is 0.138 e. The fourth-order valence-electron chi connectivity index (χ4n) is 2.71. The highest BCUT2D eigenvalue weighted by molar-refractivity contribution is 6.32. The molecule has 3 aromatic carbocycles. The molecule has 0 aliphatic heterocycles. The zero-order chi connectivity index (χ0) is 18.5. The van der Waals surface area contributed by atoms with Crippen LogP contribution in [0.2, 0.25) is 5.02 Å². The number of halogens is 1. The Balaban J connectivity index is 1.93. The molecule has 3 aromatic rings. The number of nitriles is 1. The number of benzene rings is 3. The van der Waals surface area contributed by atoms with E-state index in [0.29, 0.717) is 16.3 Å². The van der Waals surface area contributed by atoms with E-state index in [4.69, 9.17) is 16.3 Å². The Morgan fingerprint density at radius 2 is 1.88 bits per heavy atom. The molecule has 0 fully saturated rings. The summed E-state index contributed by atoms with van der Waals surface area (Å²) in [6, 6.07) is 22.1. The summed E-state index contributed by atoms with van der Waals surface area (Å²) in [5.74, 6) is 0.669. The van der Waals surface area contributed by atoms with Crippen LogP contribution in [0.15, 0.2) is 60.7 Å². The summed E-state index contributed by atoms with van der Waals surface area (Å²) in [6.45, 7) is 4.08. The quantitative estimate of drug-likeness (QED) is 0.372. The van der Waals surface area contributed by atoms with Crippen molar-refractivity contribution in [2.75, 3.05) is 0 Å². The Kier molecular flexibility index (Phi) is 5.61. The van der Waals surface area contributed by atoms with E-state index in [1.165, 1.54) is 0 Å². The van der Waals surface area contributed by atoms with Crippen LogP contribution in [0.4, 0.5) is 0 Å². The van der Waals surface area contributed by atoms with E-state index in [-0.39, 0.29) is 6.10 Å². The molecule has 0 saturated heterocycles. The Morgan fingerprint density at radius 3 is 2.58 bits per heavy atom. The van der Waals surface area contributed by atoms with Crippen LogP contribution in [-0.4, -0.2) is 6.10 Å². The van der Waals surface area contributed by atoms with Gasteiger partial charge in [-0.15, -0.1) is 0 Å². The summed E-state index contributed by atoms with van der Waals surface area (Å²) in [7, 11) is 0. The lowest BCUT2D eigenvalue weighted by Gasteiger charge is -2.14. The normalized spacial score (nSPS) is 12.6. The molecule has 0 amide bonds. The van der Waals surface area contributed by atoms with Crippen LogP contribution in [0.3, 0.4) is 0 Å². The summed E-state index contributed by atoms with van der Waals surface area (Å²) < 4.78 is 5.80. The zero-order valence-electron chi connectivity index (χ0n) is 14.9. The van der Waals surface area contributed by atoms with Gasteiger partial charge in [0.15, 0.2) is 0 Å². The van der Waals surface area contributed by atoms with E-state index in [1.807, 2.05) is 67.6 Å². The summed E-state index contributed by atoms with van der Waals surface area (Å²) in [6.07, 6.45) is 2.88. The van der Waals surface area contributed by atoms with Crippen molar-refractivity contribution in [3.63, 3.8) is 0 Å². The van der Waals surface area contributed by atoms with Crippen molar-refractivity contribution in [1.29, 1.82) is 5.26 Å². The van der Waals surface area contributed by atoms with Crippen LogP contribution in [-0.2, 0) is 0 Å².